The predicted molar refractivity (Wildman–Crippen MR) is 84.6 cm³/mol. The van der Waals surface area contributed by atoms with Crippen LogP contribution in [0.2, 0.25) is 5.02 Å². The number of carbonyl (C=O) groups is 1. The van der Waals surface area contributed by atoms with E-state index in [0.29, 0.717) is 29.1 Å². The van der Waals surface area contributed by atoms with Crippen LogP contribution in [0.4, 0.5) is 0 Å². The number of ether oxygens (including phenoxy) is 1. The molecule has 110 valence electrons. The van der Waals surface area contributed by atoms with Gasteiger partial charge in [-0.2, -0.15) is 0 Å². The molecule has 1 unspecified atom stereocenters. The number of halogens is 1. The molecule has 2 heterocycles. The summed E-state index contributed by atoms with van der Waals surface area (Å²) in [7, 11) is 1.31. The van der Waals surface area contributed by atoms with Gasteiger partial charge in [0, 0.05) is 25.7 Å². The highest BCUT2D eigenvalue weighted by molar-refractivity contribution is 7.10. The SMILES string of the molecule is [3H]C1([3H])c2ccsc2CCN1C(C(=O)OC)c1ccccc1Cl. The first kappa shape index (κ1) is 12.2. The van der Waals surface area contributed by atoms with Gasteiger partial charge in [-0.3, -0.25) is 4.90 Å². The maximum absolute atomic E-state index is 12.4. The second-order valence-corrected chi connectivity index (χ2v) is 6.17. The van der Waals surface area contributed by atoms with Crippen LogP contribution >= 0.6 is 22.9 Å². The Hall–Kier alpha value is -1.36. The maximum Gasteiger partial charge on any atom is 0.327 e. The van der Waals surface area contributed by atoms with Gasteiger partial charge in [-0.15, -0.1) is 11.3 Å². The molecule has 0 saturated carbocycles. The molecule has 0 spiro atoms. The van der Waals surface area contributed by atoms with Crippen LogP contribution in [0, 0.1) is 0 Å². The fourth-order valence-electron chi connectivity index (χ4n) is 2.49. The zero-order chi connectivity index (χ0) is 16.6. The van der Waals surface area contributed by atoms with Gasteiger partial charge in [-0.05, 0) is 35.1 Å². The van der Waals surface area contributed by atoms with Crippen molar-refractivity contribution in [3.05, 3.63) is 56.7 Å². The number of carbonyl (C=O) groups excluding carboxylic acids is 1. The van der Waals surface area contributed by atoms with Gasteiger partial charge in [0.25, 0.3) is 0 Å². The predicted octanol–water partition coefficient (Wildman–Crippen LogP) is 3.67. The van der Waals surface area contributed by atoms with E-state index in [1.54, 1.807) is 41.7 Å². The normalized spacial score (nSPS) is 20.1. The highest BCUT2D eigenvalue weighted by Gasteiger charge is 2.32. The molecule has 0 saturated heterocycles. The van der Waals surface area contributed by atoms with Crippen LogP contribution in [0.1, 0.15) is 24.8 Å². The lowest BCUT2D eigenvalue weighted by molar-refractivity contribution is -0.147. The van der Waals surface area contributed by atoms with Gasteiger partial charge in [-0.1, -0.05) is 29.8 Å². The largest absolute Gasteiger partial charge is 0.468 e. The summed E-state index contributed by atoms with van der Waals surface area (Å²) in [4.78, 5) is 15.0. The summed E-state index contributed by atoms with van der Waals surface area (Å²) in [6, 6.07) is 7.91. The van der Waals surface area contributed by atoms with Gasteiger partial charge in [0.05, 0.1) is 7.11 Å². The number of thiophene rings is 1. The Morgan fingerprint density at radius 1 is 1.48 bits per heavy atom. The topological polar surface area (TPSA) is 29.5 Å². The third-order valence-corrected chi connectivity index (χ3v) is 4.85. The molecule has 0 radical (unpaired) electrons. The quantitative estimate of drug-likeness (QED) is 0.806. The summed E-state index contributed by atoms with van der Waals surface area (Å²) in [5.74, 6) is -0.513. The summed E-state index contributed by atoms with van der Waals surface area (Å²) >= 11 is 7.80. The summed E-state index contributed by atoms with van der Waals surface area (Å²) in [6.07, 6.45) is 0.699. The standard InChI is InChI=1S/C16H16ClNO2S/c1-20-16(19)15(12-4-2-3-5-13(12)17)18-8-6-14-11(10-18)7-9-21-14/h2-5,7,9,15H,6,8,10H2,1H3/i10T2. The van der Waals surface area contributed by atoms with Gasteiger partial charge in [0.1, 0.15) is 6.04 Å². The third kappa shape index (κ3) is 2.84. The summed E-state index contributed by atoms with van der Waals surface area (Å²) in [5.41, 5.74) is 1.18. The second kappa shape index (κ2) is 6.18. The molecule has 0 fully saturated rings. The number of benzene rings is 1. The fraction of sp³-hybridized carbons (Fsp3) is 0.312. The van der Waals surface area contributed by atoms with E-state index in [-0.39, 0.29) is 0 Å². The van der Waals surface area contributed by atoms with Gasteiger partial charge < -0.3 is 4.74 Å². The van der Waals surface area contributed by atoms with Crippen molar-refractivity contribution in [1.29, 1.82) is 0 Å². The van der Waals surface area contributed by atoms with Crippen LogP contribution in [-0.2, 0) is 22.4 Å². The van der Waals surface area contributed by atoms with Gasteiger partial charge in [0.2, 0.25) is 0 Å². The van der Waals surface area contributed by atoms with Crippen molar-refractivity contribution in [3.8, 4) is 0 Å². The van der Waals surface area contributed by atoms with Crippen LogP contribution in [0.15, 0.2) is 35.7 Å². The first-order valence-corrected chi connectivity index (χ1v) is 7.88. The first-order chi connectivity index (χ1) is 11.0. The Bertz CT molecular complexity index is 734. The third-order valence-electron chi connectivity index (χ3n) is 3.53. The lowest BCUT2D eigenvalue weighted by Crippen LogP contribution is -2.38. The Kier molecular flexibility index (Phi) is 3.59. The molecule has 0 N–H and O–H groups in total. The zero-order valence-electron chi connectivity index (χ0n) is 13.5. The molecule has 0 amide bonds. The lowest BCUT2D eigenvalue weighted by Gasteiger charge is -2.33. The van der Waals surface area contributed by atoms with E-state index in [0.717, 1.165) is 4.88 Å². The number of hydrogen-bond acceptors (Lipinski definition) is 4. The molecule has 5 heteroatoms. The van der Waals surface area contributed by atoms with Crippen LogP contribution in [0.5, 0.6) is 0 Å². The average Bonchev–Trinajstić information content (AvgIpc) is 3.01. The highest BCUT2D eigenvalue weighted by atomic mass is 35.5. The molecule has 2 aromatic rings. The van der Waals surface area contributed by atoms with Gasteiger partial charge in [-0.25, -0.2) is 4.79 Å². The van der Waals surface area contributed by atoms with E-state index < -0.39 is 18.5 Å². The average molecular weight is 326 g/mol. The van der Waals surface area contributed by atoms with Gasteiger partial charge in [0.15, 0.2) is 0 Å². The Labute approximate surface area is 135 Å². The van der Waals surface area contributed by atoms with E-state index >= 15 is 0 Å². The summed E-state index contributed by atoms with van der Waals surface area (Å²) < 4.78 is 22.0. The number of nitrogens with zero attached hydrogens (tertiary/aromatic N) is 1. The molecule has 0 bridgehead atoms. The van der Waals surface area contributed by atoms with Crippen molar-refractivity contribution in [2.24, 2.45) is 0 Å². The Morgan fingerprint density at radius 2 is 2.29 bits per heavy atom. The monoisotopic (exact) mass is 325 g/mol. The lowest BCUT2D eigenvalue weighted by atomic mass is 10.0. The first-order valence-electron chi connectivity index (χ1n) is 7.62. The van der Waals surface area contributed by atoms with Crippen molar-refractivity contribution in [3.63, 3.8) is 0 Å². The van der Waals surface area contributed by atoms with Crippen LogP contribution in [-0.4, -0.2) is 24.5 Å². The highest BCUT2D eigenvalue weighted by Crippen LogP contribution is 2.33. The van der Waals surface area contributed by atoms with Crippen molar-refractivity contribution < 1.29 is 12.3 Å². The molecule has 1 aromatic heterocycles. The number of fused-ring (bicyclic) bond motifs is 1. The second-order valence-electron chi connectivity index (χ2n) is 4.76. The van der Waals surface area contributed by atoms with Crippen molar-refractivity contribution in [1.82, 2.24) is 4.90 Å². The molecule has 1 aromatic carbocycles. The number of hydrogen-bond donors (Lipinski definition) is 0. The molecular formula is C16H16ClNO2S. The minimum absolute atomic E-state index is 0.422. The maximum atomic E-state index is 12.4. The Morgan fingerprint density at radius 3 is 3.05 bits per heavy atom. The van der Waals surface area contributed by atoms with Gasteiger partial charge >= 0.3 is 5.97 Å². The molecule has 21 heavy (non-hydrogen) atoms. The summed E-state index contributed by atoms with van der Waals surface area (Å²) in [6.45, 7) is -1.34. The fourth-order valence-corrected chi connectivity index (χ4v) is 3.55. The van der Waals surface area contributed by atoms with E-state index in [1.165, 1.54) is 12.0 Å². The molecular weight excluding hydrogens is 306 g/mol. The molecule has 3 nitrogen and oxygen atoms in total. The van der Waals surface area contributed by atoms with Crippen LogP contribution < -0.4 is 0 Å². The van der Waals surface area contributed by atoms with Crippen LogP contribution in [0.25, 0.3) is 0 Å². The molecule has 1 aliphatic rings. The van der Waals surface area contributed by atoms with E-state index in [2.05, 4.69) is 0 Å². The van der Waals surface area contributed by atoms with Crippen LogP contribution in [0.3, 0.4) is 0 Å². The van der Waals surface area contributed by atoms with Crippen molar-refractivity contribution >= 4 is 28.9 Å². The Balaban J connectivity index is 2.08. The minimum Gasteiger partial charge on any atom is -0.468 e. The molecule has 0 aliphatic carbocycles. The van der Waals surface area contributed by atoms with E-state index in [4.69, 9.17) is 19.1 Å². The number of rotatable bonds is 3. The number of esters is 1. The summed E-state index contributed by atoms with van der Waals surface area (Å²) in [5, 5.41) is 2.31. The van der Waals surface area contributed by atoms with E-state index in [1.807, 2.05) is 5.38 Å². The molecule has 3 rings (SSSR count). The molecule has 1 atom stereocenters. The van der Waals surface area contributed by atoms with Crippen molar-refractivity contribution in [2.75, 3.05) is 13.7 Å². The molecule has 1 aliphatic heterocycles. The van der Waals surface area contributed by atoms with Crippen molar-refractivity contribution in [2.45, 2.75) is 19.0 Å². The van der Waals surface area contributed by atoms with E-state index in [9.17, 15) is 4.79 Å². The smallest absolute Gasteiger partial charge is 0.327 e. The minimum atomic E-state index is -1.76. The number of methoxy groups -OCH3 is 1. The zero-order valence-corrected chi connectivity index (χ0v) is 13.1.